The molecule has 1 aromatic rings. The van der Waals surface area contributed by atoms with Crippen LogP contribution in [0.3, 0.4) is 0 Å². The van der Waals surface area contributed by atoms with Gasteiger partial charge in [0.15, 0.2) is 11.4 Å². The van der Waals surface area contributed by atoms with Crippen molar-refractivity contribution < 1.29 is 4.74 Å². The third kappa shape index (κ3) is 2.58. The average Bonchev–Trinajstić information content (AvgIpc) is 2.25. The summed E-state index contributed by atoms with van der Waals surface area (Å²) in [7, 11) is 0. The van der Waals surface area contributed by atoms with Crippen molar-refractivity contribution in [1.82, 2.24) is 15.6 Å². The Morgan fingerprint density at radius 1 is 1.44 bits per heavy atom. The van der Waals surface area contributed by atoms with Crippen LogP contribution in [0.5, 0.6) is 5.75 Å². The van der Waals surface area contributed by atoms with Gasteiger partial charge in [0, 0.05) is 12.4 Å². The van der Waals surface area contributed by atoms with Crippen molar-refractivity contribution in [2.75, 3.05) is 0 Å². The zero-order chi connectivity index (χ0) is 11.5. The van der Waals surface area contributed by atoms with Gasteiger partial charge in [-0.25, -0.2) is 0 Å². The molecule has 1 aliphatic rings. The van der Waals surface area contributed by atoms with E-state index in [2.05, 4.69) is 15.6 Å². The summed E-state index contributed by atoms with van der Waals surface area (Å²) in [5, 5.41) is 5.74. The molecular formula is C10H11Cl2N3O. The summed E-state index contributed by atoms with van der Waals surface area (Å²) in [6, 6.07) is 3.64. The van der Waals surface area contributed by atoms with Crippen molar-refractivity contribution in [3.05, 3.63) is 36.0 Å². The number of nitrogens with zero attached hydrogens (tertiary/aromatic N) is 1. The Hall–Kier alpha value is -0.970. The topological polar surface area (TPSA) is 46.2 Å². The molecule has 2 rings (SSSR count). The van der Waals surface area contributed by atoms with E-state index in [0.717, 1.165) is 5.69 Å². The third-order valence-electron chi connectivity index (χ3n) is 2.10. The number of halogens is 2. The monoisotopic (exact) mass is 259 g/mol. The molecule has 2 unspecified atom stereocenters. The Kier molecular flexibility index (Phi) is 3.53. The van der Waals surface area contributed by atoms with Crippen LogP contribution in [-0.4, -0.2) is 16.1 Å². The van der Waals surface area contributed by atoms with Crippen LogP contribution in [0.15, 0.2) is 30.3 Å². The molecule has 16 heavy (non-hydrogen) atoms. The first-order valence-corrected chi connectivity index (χ1v) is 5.64. The predicted molar refractivity (Wildman–Crippen MR) is 63.2 cm³/mol. The Balaban J connectivity index is 2.13. The number of hydrogen-bond acceptors (Lipinski definition) is 4. The first-order chi connectivity index (χ1) is 7.66. The fourth-order valence-electron chi connectivity index (χ4n) is 1.27. The van der Waals surface area contributed by atoms with Gasteiger partial charge in [-0.3, -0.25) is 10.3 Å². The lowest BCUT2D eigenvalue weighted by molar-refractivity contribution is 0.358. The van der Waals surface area contributed by atoms with Gasteiger partial charge in [-0.15, -0.1) is 0 Å². The summed E-state index contributed by atoms with van der Waals surface area (Å²) in [4.78, 5) is 4.12. The number of pyridine rings is 1. The van der Waals surface area contributed by atoms with Gasteiger partial charge in [0.2, 0.25) is 0 Å². The maximum atomic E-state index is 6.03. The molecule has 0 fully saturated rings. The second-order valence-corrected chi connectivity index (χ2v) is 4.17. The van der Waals surface area contributed by atoms with Crippen molar-refractivity contribution in [1.29, 1.82) is 0 Å². The lowest BCUT2D eigenvalue weighted by atomic mass is 10.3. The van der Waals surface area contributed by atoms with Crippen molar-refractivity contribution >= 4 is 23.2 Å². The first-order valence-electron chi connectivity index (χ1n) is 4.76. The number of aryl methyl sites for hydroxylation is 1. The van der Waals surface area contributed by atoms with Crippen molar-refractivity contribution in [3.63, 3.8) is 0 Å². The van der Waals surface area contributed by atoms with Crippen LogP contribution in [-0.2, 0) is 0 Å². The van der Waals surface area contributed by atoms with Gasteiger partial charge in [0.05, 0.1) is 5.69 Å². The van der Waals surface area contributed by atoms with Gasteiger partial charge in [-0.2, -0.15) is 0 Å². The molecule has 4 nitrogen and oxygen atoms in total. The molecular weight excluding hydrogens is 249 g/mol. The first kappa shape index (κ1) is 11.5. The third-order valence-corrected chi connectivity index (χ3v) is 2.69. The van der Waals surface area contributed by atoms with Gasteiger partial charge in [-0.1, -0.05) is 23.2 Å². The van der Waals surface area contributed by atoms with E-state index in [4.69, 9.17) is 27.9 Å². The quantitative estimate of drug-likeness (QED) is 0.629. The minimum atomic E-state index is -0.455. The molecule has 0 amide bonds. The highest BCUT2D eigenvalue weighted by molar-refractivity contribution is 6.24. The number of alkyl halides is 2. The molecule has 1 aliphatic heterocycles. The second kappa shape index (κ2) is 4.91. The fraction of sp³-hybridized carbons (Fsp3) is 0.300. The molecule has 2 heterocycles. The standard InChI is InChI=1S/C10H11Cl2N3O/c1-6-7(3-2-4-13-6)16-8-5-14-10(12)15-9(8)11/h2-5,9-10,14-15H,1H3. The molecule has 2 N–H and O–H groups in total. The van der Waals surface area contributed by atoms with E-state index in [1.54, 1.807) is 18.5 Å². The second-order valence-electron chi connectivity index (χ2n) is 3.29. The van der Waals surface area contributed by atoms with Crippen molar-refractivity contribution in [2.45, 2.75) is 18.0 Å². The average molecular weight is 260 g/mol. The normalized spacial score (nSPS) is 24.6. The maximum absolute atomic E-state index is 6.03. The van der Waals surface area contributed by atoms with Gasteiger partial charge < -0.3 is 10.1 Å². The fourth-order valence-corrected chi connectivity index (χ4v) is 1.76. The smallest absolute Gasteiger partial charge is 0.156 e. The highest BCUT2D eigenvalue weighted by atomic mass is 35.5. The van der Waals surface area contributed by atoms with Crippen LogP contribution in [0.2, 0.25) is 0 Å². The number of rotatable bonds is 2. The number of aromatic nitrogens is 1. The van der Waals surface area contributed by atoms with Crippen LogP contribution in [0.25, 0.3) is 0 Å². The minimum Gasteiger partial charge on any atom is -0.455 e. The summed E-state index contributed by atoms with van der Waals surface area (Å²) >= 11 is 11.8. The predicted octanol–water partition coefficient (Wildman–Crippen LogP) is 1.89. The Morgan fingerprint density at radius 2 is 2.25 bits per heavy atom. The highest BCUT2D eigenvalue weighted by Crippen LogP contribution is 2.21. The maximum Gasteiger partial charge on any atom is 0.156 e. The SMILES string of the molecule is Cc1ncccc1OC1=CNC(Cl)NC1Cl. The summed E-state index contributed by atoms with van der Waals surface area (Å²) in [6.07, 6.45) is 3.36. The summed E-state index contributed by atoms with van der Waals surface area (Å²) in [6.45, 7) is 1.87. The molecule has 0 aromatic carbocycles. The summed E-state index contributed by atoms with van der Waals surface area (Å²) in [5.41, 5.74) is -0.0338. The zero-order valence-electron chi connectivity index (χ0n) is 8.58. The van der Waals surface area contributed by atoms with Crippen molar-refractivity contribution in [3.8, 4) is 5.75 Å². The highest BCUT2D eigenvalue weighted by Gasteiger charge is 2.21. The Labute approximate surface area is 104 Å². The van der Waals surface area contributed by atoms with E-state index < -0.39 is 5.50 Å². The molecule has 0 spiro atoms. The van der Waals surface area contributed by atoms with Gasteiger partial charge in [0.25, 0.3) is 0 Å². The Morgan fingerprint density at radius 3 is 2.94 bits per heavy atom. The largest absolute Gasteiger partial charge is 0.455 e. The van der Waals surface area contributed by atoms with Crippen LogP contribution in [0.1, 0.15) is 5.69 Å². The van der Waals surface area contributed by atoms with Crippen LogP contribution >= 0.6 is 23.2 Å². The summed E-state index contributed by atoms with van der Waals surface area (Å²) < 4.78 is 5.63. The van der Waals surface area contributed by atoms with E-state index in [0.29, 0.717) is 11.5 Å². The molecule has 0 saturated carbocycles. The molecule has 0 bridgehead atoms. The molecule has 1 aromatic heterocycles. The Bertz CT molecular complexity index is 411. The minimum absolute atomic E-state index is 0.384. The lowest BCUT2D eigenvalue weighted by Crippen LogP contribution is -2.45. The molecule has 2 atom stereocenters. The van der Waals surface area contributed by atoms with E-state index in [1.807, 2.05) is 13.0 Å². The van der Waals surface area contributed by atoms with E-state index in [9.17, 15) is 0 Å². The van der Waals surface area contributed by atoms with E-state index >= 15 is 0 Å². The van der Waals surface area contributed by atoms with Crippen LogP contribution in [0.4, 0.5) is 0 Å². The van der Waals surface area contributed by atoms with Crippen molar-refractivity contribution in [2.24, 2.45) is 0 Å². The molecule has 0 radical (unpaired) electrons. The van der Waals surface area contributed by atoms with Crippen LogP contribution in [0, 0.1) is 6.92 Å². The van der Waals surface area contributed by atoms with E-state index in [1.165, 1.54) is 0 Å². The summed E-state index contributed by atoms with van der Waals surface area (Å²) in [5.74, 6) is 1.24. The van der Waals surface area contributed by atoms with Crippen LogP contribution < -0.4 is 15.4 Å². The molecule has 6 heteroatoms. The number of ether oxygens (including phenoxy) is 1. The van der Waals surface area contributed by atoms with E-state index in [-0.39, 0.29) is 5.62 Å². The van der Waals surface area contributed by atoms with Gasteiger partial charge in [0.1, 0.15) is 11.3 Å². The molecule has 86 valence electrons. The lowest BCUT2D eigenvalue weighted by Gasteiger charge is -2.25. The molecule has 0 saturated heterocycles. The van der Waals surface area contributed by atoms with Gasteiger partial charge in [-0.05, 0) is 19.1 Å². The molecule has 0 aliphatic carbocycles. The van der Waals surface area contributed by atoms with Gasteiger partial charge >= 0.3 is 0 Å². The zero-order valence-corrected chi connectivity index (χ0v) is 10.1. The number of hydrogen-bond donors (Lipinski definition) is 2. The number of nitrogens with one attached hydrogen (secondary N) is 2.